The summed E-state index contributed by atoms with van der Waals surface area (Å²) in [6.07, 6.45) is 0. The number of carbonyl (C=O) groups is 2. The van der Waals surface area contributed by atoms with Crippen LogP contribution in [0.1, 0.15) is 10.5 Å². The maximum absolute atomic E-state index is 14.2. The number of carboxylic acid groups (broad SMARTS) is 1. The van der Waals surface area contributed by atoms with E-state index in [-0.39, 0.29) is 5.00 Å². The first-order valence-electron chi connectivity index (χ1n) is 6.47. The Kier molecular flexibility index (Phi) is 5.08. The summed E-state index contributed by atoms with van der Waals surface area (Å²) in [5, 5.41) is 15.9. The molecule has 138 valence electrons. The average molecular weight is 402 g/mol. The number of aromatic nitrogens is 1. The highest BCUT2D eigenvalue weighted by molar-refractivity contribution is 7.93. The Labute approximate surface area is 149 Å². The number of guanidine groups is 1. The highest BCUT2D eigenvalue weighted by Gasteiger charge is 2.24. The van der Waals surface area contributed by atoms with Gasteiger partial charge in [0.1, 0.15) is 10.8 Å². The summed E-state index contributed by atoms with van der Waals surface area (Å²) in [4.78, 5) is 25.5. The number of carbonyl (C=O) groups excluding carboxylic acids is 1. The number of benzene rings is 1. The van der Waals surface area contributed by atoms with Crippen molar-refractivity contribution in [3.8, 4) is 0 Å². The molecule has 0 atom stereocenters. The molecular weight excluding hydrogens is 391 g/mol. The van der Waals surface area contributed by atoms with Crippen molar-refractivity contribution >= 4 is 50.0 Å². The normalized spacial score (nSPS) is 11.0. The van der Waals surface area contributed by atoms with Gasteiger partial charge in [-0.1, -0.05) is 0 Å². The summed E-state index contributed by atoms with van der Waals surface area (Å²) >= 11 is 0.729. The number of thiazole rings is 1. The zero-order valence-electron chi connectivity index (χ0n) is 12.6. The molecule has 1 heterocycles. The zero-order chi connectivity index (χ0) is 19.6. The second-order valence-electron chi connectivity index (χ2n) is 4.61. The Morgan fingerprint density at radius 2 is 2.00 bits per heavy atom. The van der Waals surface area contributed by atoms with Gasteiger partial charge in [0.15, 0.2) is 5.69 Å². The van der Waals surface area contributed by atoms with Gasteiger partial charge >= 0.3 is 12.0 Å². The number of anilines is 2. The van der Waals surface area contributed by atoms with E-state index < -0.39 is 50.1 Å². The van der Waals surface area contributed by atoms with Crippen LogP contribution in [-0.2, 0) is 10.0 Å². The molecule has 0 spiro atoms. The van der Waals surface area contributed by atoms with E-state index in [0.29, 0.717) is 11.0 Å². The minimum absolute atomic E-state index is 0.260. The van der Waals surface area contributed by atoms with Crippen molar-refractivity contribution in [1.29, 1.82) is 5.41 Å². The van der Waals surface area contributed by atoms with Crippen LogP contribution in [0.15, 0.2) is 28.6 Å². The molecule has 0 saturated carbocycles. The Balaban J connectivity index is 2.41. The van der Waals surface area contributed by atoms with Crippen LogP contribution in [0.3, 0.4) is 0 Å². The van der Waals surface area contributed by atoms with Gasteiger partial charge in [0.25, 0.3) is 10.0 Å². The molecular formula is C12H11FN6O5S2. The van der Waals surface area contributed by atoms with Crippen LogP contribution in [0, 0.1) is 11.2 Å². The van der Waals surface area contributed by atoms with E-state index in [9.17, 15) is 22.4 Å². The van der Waals surface area contributed by atoms with Crippen LogP contribution in [0.4, 0.5) is 19.9 Å². The summed E-state index contributed by atoms with van der Waals surface area (Å²) in [5.41, 5.74) is 10.3. The number of urea groups is 1. The van der Waals surface area contributed by atoms with E-state index >= 15 is 0 Å². The fraction of sp³-hybridized carbons (Fsp3) is 0. The Morgan fingerprint density at radius 3 is 2.50 bits per heavy atom. The highest BCUT2D eigenvalue weighted by atomic mass is 32.2. The molecule has 0 saturated heterocycles. The number of nitrogens with one attached hydrogen (secondary N) is 2. The molecule has 0 aliphatic rings. The molecule has 0 bridgehead atoms. The van der Waals surface area contributed by atoms with Crippen LogP contribution in [0.25, 0.3) is 0 Å². The van der Waals surface area contributed by atoms with Gasteiger partial charge in [-0.3, -0.25) is 10.1 Å². The predicted molar refractivity (Wildman–Crippen MR) is 90.3 cm³/mol. The number of nitrogens with zero attached hydrogens (tertiary/aromatic N) is 2. The number of nitrogens with two attached hydrogens (primary N) is 2. The van der Waals surface area contributed by atoms with Crippen molar-refractivity contribution in [2.75, 3.05) is 9.62 Å². The van der Waals surface area contributed by atoms with E-state index in [0.717, 1.165) is 29.0 Å². The third kappa shape index (κ3) is 3.70. The van der Waals surface area contributed by atoms with Gasteiger partial charge in [-0.2, -0.15) is 0 Å². The Morgan fingerprint density at radius 1 is 1.35 bits per heavy atom. The maximum atomic E-state index is 14.2. The molecule has 0 fully saturated rings. The largest absolute Gasteiger partial charge is 0.476 e. The van der Waals surface area contributed by atoms with Crippen molar-refractivity contribution in [1.82, 2.24) is 4.98 Å². The molecule has 2 amide bonds. The third-order valence-corrected chi connectivity index (χ3v) is 5.15. The van der Waals surface area contributed by atoms with Crippen LogP contribution >= 0.6 is 11.3 Å². The summed E-state index contributed by atoms with van der Waals surface area (Å²) in [6.45, 7) is 0. The molecule has 0 aliphatic carbocycles. The lowest BCUT2D eigenvalue weighted by atomic mass is 10.3. The van der Waals surface area contributed by atoms with Gasteiger partial charge in [-0.15, -0.1) is 11.3 Å². The number of hydrogen-bond acceptors (Lipinski definition) is 7. The number of rotatable bonds is 5. The van der Waals surface area contributed by atoms with Crippen LogP contribution in [-0.4, -0.2) is 36.5 Å². The van der Waals surface area contributed by atoms with E-state index in [2.05, 4.69) is 4.98 Å². The second kappa shape index (κ2) is 6.93. The van der Waals surface area contributed by atoms with Crippen molar-refractivity contribution in [2.45, 2.75) is 4.90 Å². The first-order chi connectivity index (χ1) is 12.0. The molecule has 26 heavy (non-hydrogen) atoms. The van der Waals surface area contributed by atoms with Gasteiger partial charge in [0.05, 0.1) is 16.1 Å². The molecule has 14 heteroatoms. The lowest BCUT2D eigenvalue weighted by Gasteiger charge is -2.19. The quantitative estimate of drug-likeness (QED) is 0.356. The van der Waals surface area contributed by atoms with E-state index in [1.165, 1.54) is 0 Å². The number of sulfonamides is 1. The first-order valence-corrected chi connectivity index (χ1v) is 8.83. The van der Waals surface area contributed by atoms with Gasteiger partial charge in [0.2, 0.25) is 5.96 Å². The average Bonchev–Trinajstić information content (AvgIpc) is 2.95. The molecule has 1 aromatic heterocycles. The topological polar surface area (TPSA) is 193 Å². The smallest absolute Gasteiger partial charge is 0.357 e. The standard InChI is InChI=1S/C12H11FN6O5S2/c13-6-3-5(1-2-7(6)19(11(14)15)12(16)22)26(23,24)18-9-8(10(20)21)17-4-25-9/h1-4,18H,(H3,14,15)(H2,16,22)(H,20,21). The molecule has 2 rings (SSSR count). The zero-order valence-corrected chi connectivity index (χ0v) is 14.3. The van der Waals surface area contributed by atoms with E-state index in [1.807, 2.05) is 4.72 Å². The van der Waals surface area contributed by atoms with E-state index in [4.69, 9.17) is 22.0 Å². The molecule has 11 nitrogen and oxygen atoms in total. The molecule has 2 aromatic rings. The number of carboxylic acids is 1. The number of primary amides is 1. The summed E-state index contributed by atoms with van der Waals surface area (Å²) in [7, 11) is -4.35. The van der Waals surface area contributed by atoms with Crippen molar-refractivity contribution in [3.63, 3.8) is 0 Å². The minimum atomic E-state index is -4.35. The van der Waals surface area contributed by atoms with Gasteiger partial charge in [0, 0.05) is 0 Å². The van der Waals surface area contributed by atoms with Crippen LogP contribution < -0.4 is 21.1 Å². The van der Waals surface area contributed by atoms with Crippen LogP contribution in [0.2, 0.25) is 0 Å². The SMILES string of the molecule is N=C(N)N(C(N)=O)c1ccc(S(=O)(=O)Nc2scnc2C(=O)O)cc1F. The number of amides is 2. The van der Waals surface area contributed by atoms with Gasteiger partial charge in [-0.05, 0) is 18.2 Å². The van der Waals surface area contributed by atoms with Crippen molar-refractivity contribution in [2.24, 2.45) is 11.5 Å². The fourth-order valence-corrected chi connectivity index (χ4v) is 3.86. The monoisotopic (exact) mass is 402 g/mol. The first kappa shape index (κ1) is 19.1. The predicted octanol–water partition coefficient (Wildman–Crippen LogP) is 0.560. The number of halogens is 1. The lowest BCUT2D eigenvalue weighted by Crippen LogP contribution is -2.45. The second-order valence-corrected chi connectivity index (χ2v) is 7.15. The maximum Gasteiger partial charge on any atom is 0.357 e. The lowest BCUT2D eigenvalue weighted by molar-refractivity contribution is 0.0692. The fourth-order valence-electron chi connectivity index (χ4n) is 1.86. The van der Waals surface area contributed by atoms with Crippen molar-refractivity contribution < 1.29 is 27.5 Å². The Bertz CT molecular complexity index is 991. The summed E-state index contributed by atoms with van der Waals surface area (Å²) in [5.74, 6) is -3.49. The molecule has 7 N–H and O–H groups in total. The molecule has 0 radical (unpaired) electrons. The van der Waals surface area contributed by atoms with Crippen molar-refractivity contribution in [3.05, 3.63) is 35.2 Å². The number of aromatic carboxylic acids is 1. The van der Waals surface area contributed by atoms with E-state index in [1.54, 1.807) is 0 Å². The molecule has 0 unspecified atom stereocenters. The third-order valence-electron chi connectivity index (χ3n) is 2.93. The van der Waals surface area contributed by atoms with Gasteiger partial charge < -0.3 is 16.6 Å². The summed E-state index contributed by atoms with van der Waals surface area (Å²) in [6, 6.07) is 1.15. The van der Waals surface area contributed by atoms with Crippen LogP contribution in [0.5, 0.6) is 0 Å². The highest BCUT2D eigenvalue weighted by Crippen LogP contribution is 2.27. The minimum Gasteiger partial charge on any atom is -0.476 e. The number of hydrogen-bond donors (Lipinski definition) is 5. The molecule has 1 aromatic carbocycles. The molecule has 0 aliphatic heterocycles. The summed E-state index contributed by atoms with van der Waals surface area (Å²) < 4.78 is 40.9. The Hall–Kier alpha value is -3.26. The van der Waals surface area contributed by atoms with Gasteiger partial charge in [-0.25, -0.2) is 32.3 Å².